The third-order valence-corrected chi connectivity index (χ3v) is 4.19. The van der Waals surface area contributed by atoms with Gasteiger partial charge in [-0.05, 0) is 18.6 Å². The van der Waals surface area contributed by atoms with Crippen LogP contribution in [0.25, 0.3) is 10.9 Å². The van der Waals surface area contributed by atoms with Gasteiger partial charge < -0.3 is 9.88 Å². The average molecular weight is 295 g/mol. The molecule has 0 radical (unpaired) electrons. The van der Waals surface area contributed by atoms with Gasteiger partial charge in [-0.1, -0.05) is 18.2 Å². The van der Waals surface area contributed by atoms with Crippen LogP contribution >= 0.6 is 0 Å². The van der Waals surface area contributed by atoms with Crippen LogP contribution in [0.15, 0.2) is 24.3 Å². The highest BCUT2D eigenvalue weighted by Gasteiger charge is 2.10. The number of nitrogens with one attached hydrogen (secondary N) is 2. The molecule has 110 valence electrons. The summed E-state index contributed by atoms with van der Waals surface area (Å²) < 4.78 is 26.5. The summed E-state index contributed by atoms with van der Waals surface area (Å²) in [4.78, 5) is 0. The standard InChI is InChI=1S/C14H21N3O2S/c1-11-12-6-4-5-7-13(12)17(2)14(11)10-15-8-9-16-20(3,18)19/h4-7,15-16H,8-10H2,1-3H3. The SMILES string of the molecule is Cc1c(CNCCNS(C)(=O)=O)n(C)c2ccccc12. The molecule has 0 saturated carbocycles. The quantitative estimate of drug-likeness (QED) is 0.785. The highest BCUT2D eigenvalue weighted by atomic mass is 32.2. The van der Waals surface area contributed by atoms with E-state index < -0.39 is 10.0 Å². The minimum Gasteiger partial charge on any atom is -0.346 e. The molecule has 20 heavy (non-hydrogen) atoms. The molecular weight excluding hydrogens is 274 g/mol. The van der Waals surface area contributed by atoms with E-state index in [4.69, 9.17) is 0 Å². The van der Waals surface area contributed by atoms with Crippen LogP contribution in [0.3, 0.4) is 0 Å². The van der Waals surface area contributed by atoms with E-state index in [2.05, 4.69) is 40.7 Å². The van der Waals surface area contributed by atoms with Gasteiger partial charge in [0.25, 0.3) is 0 Å². The summed E-state index contributed by atoms with van der Waals surface area (Å²) in [6, 6.07) is 8.31. The van der Waals surface area contributed by atoms with Crippen molar-refractivity contribution in [3.05, 3.63) is 35.5 Å². The Morgan fingerprint density at radius 2 is 1.90 bits per heavy atom. The van der Waals surface area contributed by atoms with Gasteiger partial charge in [0, 0.05) is 43.3 Å². The van der Waals surface area contributed by atoms with Crippen molar-refractivity contribution in [2.45, 2.75) is 13.5 Å². The minimum absolute atomic E-state index is 0.405. The number of aryl methyl sites for hydroxylation is 2. The molecule has 1 aromatic heterocycles. The summed E-state index contributed by atoms with van der Waals surface area (Å²) in [6.07, 6.45) is 1.17. The molecule has 1 aromatic carbocycles. The van der Waals surface area contributed by atoms with Crippen molar-refractivity contribution in [1.82, 2.24) is 14.6 Å². The number of benzene rings is 1. The van der Waals surface area contributed by atoms with Crippen LogP contribution in [0.1, 0.15) is 11.3 Å². The Morgan fingerprint density at radius 1 is 1.20 bits per heavy atom. The number of para-hydroxylation sites is 1. The molecule has 0 saturated heterocycles. The maximum Gasteiger partial charge on any atom is 0.208 e. The Labute approximate surface area is 120 Å². The molecule has 0 bridgehead atoms. The van der Waals surface area contributed by atoms with Crippen LogP contribution in [0.2, 0.25) is 0 Å². The van der Waals surface area contributed by atoms with Crippen LogP contribution in [0.5, 0.6) is 0 Å². The van der Waals surface area contributed by atoms with Crippen molar-refractivity contribution >= 4 is 20.9 Å². The van der Waals surface area contributed by atoms with E-state index in [9.17, 15) is 8.42 Å². The summed E-state index contributed by atoms with van der Waals surface area (Å²) >= 11 is 0. The Hall–Kier alpha value is -1.37. The third-order valence-electron chi connectivity index (χ3n) is 3.47. The largest absolute Gasteiger partial charge is 0.346 e. The molecular formula is C14H21N3O2S. The lowest BCUT2D eigenvalue weighted by molar-refractivity contribution is 0.580. The first kappa shape index (κ1) is 15.0. The highest BCUT2D eigenvalue weighted by Crippen LogP contribution is 2.23. The zero-order chi connectivity index (χ0) is 14.8. The number of fused-ring (bicyclic) bond motifs is 1. The summed E-state index contributed by atoms with van der Waals surface area (Å²) in [5.74, 6) is 0. The lowest BCUT2D eigenvalue weighted by Crippen LogP contribution is -2.31. The van der Waals surface area contributed by atoms with Gasteiger partial charge in [0.15, 0.2) is 0 Å². The van der Waals surface area contributed by atoms with Gasteiger partial charge in [-0.25, -0.2) is 13.1 Å². The van der Waals surface area contributed by atoms with E-state index in [0.717, 1.165) is 6.54 Å². The van der Waals surface area contributed by atoms with E-state index in [0.29, 0.717) is 13.1 Å². The van der Waals surface area contributed by atoms with Gasteiger partial charge in [-0.2, -0.15) is 0 Å². The van der Waals surface area contributed by atoms with Crippen molar-refractivity contribution in [1.29, 1.82) is 0 Å². The van der Waals surface area contributed by atoms with Crippen molar-refractivity contribution < 1.29 is 8.42 Å². The summed E-state index contributed by atoms with van der Waals surface area (Å²) in [5.41, 5.74) is 3.72. The van der Waals surface area contributed by atoms with E-state index >= 15 is 0 Å². The average Bonchev–Trinajstić information content (AvgIpc) is 2.62. The van der Waals surface area contributed by atoms with Gasteiger partial charge in [-0.3, -0.25) is 0 Å². The second-order valence-electron chi connectivity index (χ2n) is 4.99. The molecule has 0 amide bonds. The van der Waals surface area contributed by atoms with Crippen LogP contribution in [-0.2, 0) is 23.6 Å². The normalized spacial score (nSPS) is 12.2. The second-order valence-corrected chi connectivity index (χ2v) is 6.82. The molecule has 0 aliphatic rings. The molecule has 0 aliphatic heterocycles. The van der Waals surface area contributed by atoms with Gasteiger partial charge in [0.05, 0.1) is 6.26 Å². The summed E-state index contributed by atoms with van der Waals surface area (Å²) in [5, 5.41) is 4.53. The topological polar surface area (TPSA) is 63.1 Å². The molecule has 2 aromatic rings. The zero-order valence-corrected chi connectivity index (χ0v) is 12.9. The molecule has 0 spiro atoms. The molecule has 0 fully saturated rings. The fraction of sp³-hybridized carbons (Fsp3) is 0.429. The maximum atomic E-state index is 10.9. The predicted molar refractivity (Wildman–Crippen MR) is 82.2 cm³/mol. The van der Waals surface area contributed by atoms with E-state index in [1.54, 1.807) is 0 Å². The lowest BCUT2D eigenvalue weighted by atomic mass is 10.1. The van der Waals surface area contributed by atoms with Crippen molar-refractivity contribution in [3.8, 4) is 0 Å². The number of aromatic nitrogens is 1. The smallest absolute Gasteiger partial charge is 0.208 e. The molecule has 5 nitrogen and oxygen atoms in total. The second kappa shape index (κ2) is 5.95. The number of rotatable bonds is 6. The molecule has 0 atom stereocenters. The van der Waals surface area contributed by atoms with Crippen molar-refractivity contribution in [2.75, 3.05) is 19.3 Å². The number of sulfonamides is 1. The van der Waals surface area contributed by atoms with E-state index in [1.165, 1.54) is 28.4 Å². The van der Waals surface area contributed by atoms with Crippen LogP contribution in [0, 0.1) is 6.92 Å². The minimum atomic E-state index is -3.10. The predicted octanol–water partition coefficient (Wildman–Crippen LogP) is 1.13. The number of nitrogens with zero attached hydrogens (tertiary/aromatic N) is 1. The van der Waals surface area contributed by atoms with Crippen LogP contribution in [-0.4, -0.2) is 32.3 Å². The van der Waals surface area contributed by atoms with Crippen LogP contribution in [0.4, 0.5) is 0 Å². The van der Waals surface area contributed by atoms with Gasteiger partial charge in [0.1, 0.15) is 0 Å². The third kappa shape index (κ3) is 3.39. The van der Waals surface area contributed by atoms with E-state index in [1.807, 2.05) is 12.1 Å². The first-order valence-corrected chi connectivity index (χ1v) is 8.47. The fourth-order valence-electron chi connectivity index (χ4n) is 2.42. The monoisotopic (exact) mass is 295 g/mol. The van der Waals surface area contributed by atoms with Gasteiger partial charge >= 0.3 is 0 Å². The number of hydrogen-bond acceptors (Lipinski definition) is 3. The van der Waals surface area contributed by atoms with Gasteiger partial charge in [-0.15, -0.1) is 0 Å². The highest BCUT2D eigenvalue weighted by molar-refractivity contribution is 7.88. The van der Waals surface area contributed by atoms with Crippen LogP contribution < -0.4 is 10.0 Å². The Morgan fingerprint density at radius 3 is 2.55 bits per heavy atom. The zero-order valence-electron chi connectivity index (χ0n) is 12.1. The Kier molecular flexibility index (Phi) is 4.47. The molecule has 6 heteroatoms. The molecule has 2 rings (SSSR count). The van der Waals surface area contributed by atoms with Gasteiger partial charge in [0.2, 0.25) is 10.0 Å². The Bertz CT molecular complexity index is 666. The van der Waals surface area contributed by atoms with Crippen molar-refractivity contribution in [2.24, 2.45) is 7.05 Å². The maximum absolute atomic E-state index is 10.9. The van der Waals surface area contributed by atoms with E-state index in [-0.39, 0.29) is 0 Å². The molecule has 1 heterocycles. The summed E-state index contributed by atoms with van der Waals surface area (Å²) in [7, 11) is -1.04. The van der Waals surface area contributed by atoms with Crippen molar-refractivity contribution in [3.63, 3.8) is 0 Å². The molecule has 0 unspecified atom stereocenters. The summed E-state index contributed by atoms with van der Waals surface area (Å²) in [6.45, 7) is 3.85. The fourth-order valence-corrected chi connectivity index (χ4v) is 2.89. The first-order valence-electron chi connectivity index (χ1n) is 6.58. The lowest BCUT2D eigenvalue weighted by Gasteiger charge is -2.08. The molecule has 2 N–H and O–H groups in total. The Balaban J connectivity index is 2.00. The number of hydrogen-bond donors (Lipinski definition) is 2. The molecule has 0 aliphatic carbocycles. The first-order chi connectivity index (χ1) is 9.40.